The highest BCUT2D eigenvalue weighted by molar-refractivity contribution is 6.07. The Morgan fingerprint density at radius 3 is 2.62 bits per heavy atom. The van der Waals surface area contributed by atoms with E-state index in [1.54, 1.807) is 31.5 Å². The standard InChI is InChI=1S/C20H20N6O3/c1-11-9-14(13(3)28-11)16-10-15(17-12(2)26-29-19(17)25-16)18(27)21-7-8-24-20-22-5-4-6-23-20/h4-6,9-10H,7-8H2,1-3H3,(H,21,27)(H,22,23,24). The molecule has 0 atom stereocenters. The Balaban J connectivity index is 1.57. The SMILES string of the molecule is Cc1cc(-c2cc(C(=O)NCCNc3ncccn3)c3c(C)noc3n2)c(C)o1. The van der Waals surface area contributed by atoms with Crippen molar-refractivity contribution in [2.24, 2.45) is 0 Å². The third kappa shape index (κ3) is 3.79. The zero-order valence-electron chi connectivity index (χ0n) is 16.3. The van der Waals surface area contributed by atoms with E-state index in [0.29, 0.717) is 47.1 Å². The maximum atomic E-state index is 12.9. The van der Waals surface area contributed by atoms with Gasteiger partial charge in [0.15, 0.2) is 0 Å². The van der Waals surface area contributed by atoms with E-state index in [2.05, 4.69) is 30.7 Å². The maximum Gasteiger partial charge on any atom is 0.259 e. The first-order valence-corrected chi connectivity index (χ1v) is 9.16. The maximum absolute atomic E-state index is 12.9. The zero-order valence-corrected chi connectivity index (χ0v) is 16.3. The molecule has 0 bridgehead atoms. The van der Waals surface area contributed by atoms with Crippen LogP contribution >= 0.6 is 0 Å². The minimum atomic E-state index is -0.237. The lowest BCUT2D eigenvalue weighted by Gasteiger charge is -2.09. The van der Waals surface area contributed by atoms with Crippen LogP contribution in [0.2, 0.25) is 0 Å². The van der Waals surface area contributed by atoms with E-state index in [1.165, 1.54) is 0 Å². The van der Waals surface area contributed by atoms with Crippen molar-refractivity contribution in [2.75, 3.05) is 18.4 Å². The lowest BCUT2D eigenvalue weighted by molar-refractivity contribution is 0.0956. The summed E-state index contributed by atoms with van der Waals surface area (Å²) in [6.45, 7) is 6.39. The molecule has 4 heterocycles. The van der Waals surface area contributed by atoms with E-state index >= 15 is 0 Å². The number of furan rings is 1. The van der Waals surface area contributed by atoms with E-state index in [0.717, 1.165) is 17.1 Å². The number of carbonyl (C=O) groups excluding carboxylic acids is 1. The average Bonchev–Trinajstić information content (AvgIpc) is 3.26. The van der Waals surface area contributed by atoms with Gasteiger partial charge in [-0.1, -0.05) is 5.16 Å². The monoisotopic (exact) mass is 392 g/mol. The molecule has 2 N–H and O–H groups in total. The van der Waals surface area contributed by atoms with Gasteiger partial charge in [-0.3, -0.25) is 4.79 Å². The Labute approximate surface area is 166 Å². The highest BCUT2D eigenvalue weighted by Crippen LogP contribution is 2.30. The Morgan fingerprint density at radius 1 is 1.10 bits per heavy atom. The fourth-order valence-electron chi connectivity index (χ4n) is 3.13. The van der Waals surface area contributed by atoms with Crippen LogP contribution in [0.3, 0.4) is 0 Å². The molecule has 0 unspecified atom stereocenters. The van der Waals surface area contributed by atoms with Crippen molar-refractivity contribution in [3.05, 3.63) is 53.4 Å². The summed E-state index contributed by atoms with van der Waals surface area (Å²) in [5, 5.41) is 10.5. The van der Waals surface area contributed by atoms with Gasteiger partial charge in [0.25, 0.3) is 11.6 Å². The minimum absolute atomic E-state index is 0.237. The van der Waals surface area contributed by atoms with Crippen molar-refractivity contribution < 1.29 is 13.7 Å². The van der Waals surface area contributed by atoms with Gasteiger partial charge in [-0.15, -0.1) is 0 Å². The first-order chi connectivity index (χ1) is 14.0. The van der Waals surface area contributed by atoms with Gasteiger partial charge < -0.3 is 19.6 Å². The fourth-order valence-corrected chi connectivity index (χ4v) is 3.13. The molecule has 9 heteroatoms. The number of hydrogen-bond donors (Lipinski definition) is 2. The van der Waals surface area contributed by atoms with Gasteiger partial charge in [-0.25, -0.2) is 15.0 Å². The number of carbonyl (C=O) groups is 1. The summed E-state index contributed by atoms with van der Waals surface area (Å²) >= 11 is 0. The van der Waals surface area contributed by atoms with Crippen LogP contribution in [-0.4, -0.2) is 39.1 Å². The van der Waals surface area contributed by atoms with Crippen LogP contribution in [0.1, 0.15) is 27.6 Å². The van der Waals surface area contributed by atoms with E-state index in [1.807, 2.05) is 19.9 Å². The minimum Gasteiger partial charge on any atom is -0.466 e. The predicted octanol–water partition coefficient (Wildman–Crippen LogP) is 3.04. The van der Waals surface area contributed by atoms with Crippen LogP contribution in [0.4, 0.5) is 5.95 Å². The fraction of sp³-hybridized carbons (Fsp3) is 0.250. The number of amides is 1. The molecule has 0 spiro atoms. The molecule has 0 aromatic carbocycles. The topological polar surface area (TPSA) is 119 Å². The number of aromatic nitrogens is 4. The zero-order chi connectivity index (χ0) is 20.4. The quantitative estimate of drug-likeness (QED) is 0.481. The highest BCUT2D eigenvalue weighted by Gasteiger charge is 2.20. The van der Waals surface area contributed by atoms with Gasteiger partial charge in [-0.2, -0.15) is 0 Å². The molecule has 4 aromatic rings. The molecular weight excluding hydrogens is 372 g/mol. The highest BCUT2D eigenvalue weighted by atomic mass is 16.5. The van der Waals surface area contributed by atoms with Crippen LogP contribution < -0.4 is 10.6 Å². The van der Waals surface area contributed by atoms with Gasteiger partial charge in [0, 0.05) is 31.0 Å². The average molecular weight is 392 g/mol. The van der Waals surface area contributed by atoms with Crippen molar-refractivity contribution in [3.8, 4) is 11.3 Å². The van der Waals surface area contributed by atoms with Crippen LogP contribution in [0.25, 0.3) is 22.4 Å². The van der Waals surface area contributed by atoms with Crippen LogP contribution in [0.5, 0.6) is 0 Å². The van der Waals surface area contributed by atoms with Gasteiger partial charge >= 0.3 is 0 Å². The molecule has 1 amide bonds. The third-order valence-electron chi connectivity index (χ3n) is 4.44. The summed E-state index contributed by atoms with van der Waals surface area (Å²) in [5.41, 5.74) is 2.80. The van der Waals surface area contributed by atoms with Crippen molar-refractivity contribution >= 4 is 23.0 Å². The lowest BCUT2D eigenvalue weighted by atomic mass is 10.1. The van der Waals surface area contributed by atoms with Gasteiger partial charge in [-0.05, 0) is 39.0 Å². The molecule has 0 saturated heterocycles. The number of rotatable bonds is 6. The smallest absolute Gasteiger partial charge is 0.259 e. The van der Waals surface area contributed by atoms with Crippen molar-refractivity contribution in [3.63, 3.8) is 0 Å². The summed E-state index contributed by atoms with van der Waals surface area (Å²) < 4.78 is 10.9. The number of anilines is 1. The Kier molecular flexibility index (Phi) is 4.94. The Bertz CT molecular complexity index is 1170. The molecular formula is C20H20N6O3. The summed E-state index contributed by atoms with van der Waals surface area (Å²) in [5.74, 6) is 1.77. The van der Waals surface area contributed by atoms with Gasteiger partial charge in [0.2, 0.25) is 5.95 Å². The molecule has 4 aromatic heterocycles. The summed E-state index contributed by atoms with van der Waals surface area (Å²) in [6, 6.07) is 5.37. The first kappa shape index (κ1) is 18.6. The molecule has 0 aliphatic heterocycles. The normalized spacial score (nSPS) is 11.0. The second-order valence-corrected chi connectivity index (χ2v) is 6.59. The number of pyridine rings is 1. The number of nitrogens with one attached hydrogen (secondary N) is 2. The number of fused-ring (bicyclic) bond motifs is 1. The molecule has 0 aliphatic carbocycles. The number of hydrogen-bond acceptors (Lipinski definition) is 8. The second kappa shape index (κ2) is 7.70. The van der Waals surface area contributed by atoms with Crippen molar-refractivity contribution in [2.45, 2.75) is 20.8 Å². The van der Waals surface area contributed by atoms with E-state index in [4.69, 9.17) is 8.94 Å². The Morgan fingerprint density at radius 2 is 1.90 bits per heavy atom. The van der Waals surface area contributed by atoms with Crippen molar-refractivity contribution in [1.82, 2.24) is 25.4 Å². The van der Waals surface area contributed by atoms with E-state index < -0.39 is 0 Å². The van der Waals surface area contributed by atoms with Crippen molar-refractivity contribution in [1.29, 1.82) is 0 Å². The molecule has 9 nitrogen and oxygen atoms in total. The molecule has 148 valence electrons. The van der Waals surface area contributed by atoms with Crippen LogP contribution in [-0.2, 0) is 0 Å². The number of aryl methyl sites for hydroxylation is 3. The summed E-state index contributed by atoms with van der Waals surface area (Å²) in [6.07, 6.45) is 3.30. The van der Waals surface area contributed by atoms with E-state index in [9.17, 15) is 4.79 Å². The summed E-state index contributed by atoms with van der Waals surface area (Å²) in [4.78, 5) is 25.6. The lowest BCUT2D eigenvalue weighted by Crippen LogP contribution is -2.29. The second-order valence-electron chi connectivity index (χ2n) is 6.59. The number of nitrogens with zero attached hydrogens (tertiary/aromatic N) is 4. The predicted molar refractivity (Wildman–Crippen MR) is 107 cm³/mol. The van der Waals surface area contributed by atoms with Gasteiger partial charge in [0.1, 0.15) is 11.5 Å². The molecule has 4 rings (SSSR count). The molecule has 0 saturated carbocycles. The van der Waals surface area contributed by atoms with E-state index in [-0.39, 0.29) is 5.91 Å². The largest absolute Gasteiger partial charge is 0.466 e. The van der Waals surface area contributed by atoms with Crippen LogP contribution in [0.15, 0.2) is 39.5 Å². The molecule has 29 heavy (non-hydrogen) atoms. The first-order valence-electron chi connectivity index (χ1n) is 9.16. The summed E-state index contributed by atoms with van der Waals surface area (Å²) in [7, 11) is 0. The van der Waals surface area contributed by atoms with Gasteiger partial charge in [0.05, 0.1) is 22.3 Å². The molecule has 0 fully saturated rings. The van der Waals surface area contributed by atoms with Crippen LogP contribution in [0, 0.1) is 20.8 Å². The molecule has 0 radical (unpaired) electrons. The third-order valence-corrected chi connectivity index (χ3v) is 4.44. The Hall–Kier alpha value is -3.75. The molecule has 0 aliphatic rings.